The first-order valence-electron chi connectivity index (χ1n) is 5.74. The fraction of sp³-hybridized carbons (Fsp3) is 0. The third kappa shape index (κ3) is 3.76. The summed E-state index contributed by atoms with van der Waals surface area (Å²) in [6.07, 6.45) is 1.14. The van der Waals surface area contributed by atoms with E-state index in [9.17, 15) is 18.7 Å². The Balaban J connectivity index is 2.08. The van der Waals surface area contributed by atoms with Gasteiger partial charge in [-0.25, -0.2) is 14.2 Å². The number of hydrazone groups is 1. The summed E-state index contributed by atoms with van der Waals surface area (Å²) >= 11 is 5.72. The topological polar surface area (TPSA) is 61.7 Å². The second-order valence-corrected chi connectivity index (χ2v) is 4.47. The predicted molar refractivity (Wildman–Crippen MR) is 74.5 cm³/mol. The molecule has 0 unspecified atom stereocenters. The van der Waals surface area contributed by atoms with E-state index in [0.29, 0.717) is 0 Å². The van der Waals surface area contributed by atoms with Crippen LogP contribution in [0.15, 0.2) is 41.5 Å². The normalized spacial score (nSPS) is 10.8. The van der Waals surface area contributed by atoms with E-state index in [-0.39, 0.29) is 21.9 Å². The Morgan fingerprint density at radius 1 is 1.19 bits per heavy atom. The fourth-order valence-electron chi connectivity index (χ4n) is 1.51. The molecular weight excluding hydrogens is 302 g/mol. The number of benzene rings is 2. The van der Waals surface area contributed by atoms with Crippen LogP contribution in [0.2, 0.25) is 5.02 Å². The summed E-state index contributed by atoms with van der Waals surface area (Å²) in [5.41, 5.74) is 2.36. The molecule has 0 aliphatic carbocycles. The standard InChI is InChI=1S/C14H9ClF2N2O2/c15-9-2-4-13(20)10(6-9)14(21)19-18-7-8-1-3-11(16)12(17)5-8/h1-7,20H,(H,19,21)/b18-7-. The van der Waals surface area contributed by atoms with Crippen LogP contribution in [0, 0.1) is 11.6 Å². The maximum atomic E-state index is 13.0. The van der Waals surface area contributed by atoms with Crippen molar-refractivity contribution in [2.75, 3.05) is 0 Å². The van der Waals surface area contributed by atoms with Gasteiger partial charge in [0.05, 0.1) is 11.8 Å². The molecule has 0 radical (unpaired) electrons. The zero-order chi connectivity index (χ0) is 15.4. The van der Waals surface area contributed by atoms with Crippen LogP contribution >= 0.6 is 11.6 Å². The molecule has 0 heterocycles. The molecule has 0 atom stereocenters. The van der Waals surface area contributed by atoms with Crippen molar-refractivity contribution in [1.29, 1.82) is 0 Å². The third-order valence-corrected chi connectivity index (χ3v) is 2.76. The minimum Gasteiger partial charge on any atom is -0.507 e. The van der Waals surface area contributed by atoms with Gasteiger partial charge < -0.3 is 5.11 Å². The van der Waals surface area contributed by atoms with Crippen molar-refractivity contribution >= 4 is 23.7 Å². The highest BCUT2D eigenvalue weighted by atomic mass is 35.5. The van der Waals surface area contributed by atoms with Gasteiger partial charge in [0.2, 0.25) is 0 Å². The number of nitrogens with one attached hydrogen (secondary N) is 1. The van der Waals surface area contributed by atoms with E-state index >= 15 is 0 Å². The average Bonchev–Trinajstić information content (AvgIpc) is 2.45. The quantitative estimate of drug-likeness (QED) is 0.676. The van der Waals surface area contributed by atoms with E-state index < -0.39 is 17.5 Å². The number of phenolic OH excluding ortho intramolecular Hbond substituents is 1. The van der Waals surface area contributed by atoms with Crippen molar-refractivity contribution in [3.63, 3.8) is 0 Å². The highest BCUT2D eigenvalue weighted by Gasteiger charge is 2.10. The van der Waals surface area contributed by atoms with Gasteiger partial charge in [-0.1, -0.05) is 17.7 Å². The SMILES string of the molecule is O=C(N/N=C\c1ccc(F)c(F)c1)c1cc(Cl)ccc1O. The lowest BCUT2D eigenvalue weighted by atomic mass is 10.2. The highest BCUT2D eigenvalue weighted by Crippen LogP contribution is 2.21. The summed E-state index contributed by atoms with van der Waals surface area (Å²) in [7, 11) is 0. The molecule has 2 N–H and O–H groups in total. The Kier molecular flexibility index (Phi) is 4.49. The van der Waals surface area contributed by atoms with Crippen LogP contribution in [0.1, 0.15) is 15.9 Å². The van der Waals surface area contributed by atoms with Crippen molar-refractivity contribution in [2.24, 2.45) is 5.10 Å². The molecule has 0 aliphatic rings. The molecule has 0 saturated heterocycles. The van der Waals surface area contributed by atoms with Gasteiger partial charge >= 0.3 is 0 Å². The van der Waals surface area contributed by atoms with Gasteiger partial charge in [0.15, 0.2) is 11.6 Å². The van der Waals surface area contributed by atoms with E-state index in [1.165, 1.54) is 24.3 Å². The lowest BCUT2D eigenvalue weighted by Gasteiger charge is -2.03. The van der Waals surface area contributed by atoms with Crippen molar-refractivity contribution in [2.45, 2.75) is 0 Å². The molecule has 0 bridgehead atoms. The average molecular weight is 311 g/mol. The monoisotopic (exact) mass is 310 g/mol. The first kappa shape index (κ1) is 14.9. The van der Waals surface area contributed by atoms with E-state index in [1.54, 1.807) is 0 Å². The zero-order valence-corrected chi connectivity index (χ0v) is 11.2. The smallest absolute Gasteiger partial charge is 0.275 e. The molecule has 108 valence electrons. The maximum absolute atomic E-state index is 13.0. The number of rotatable bonds is 3. The van der Waals surface area contributed by atoms with Gasteiger partial charge in [0, 0.05) is 5.02 Å². The van der Waals surface area contributed by atoms with Crippen molar-refractivity contribution in [3.8, 4) is 5.75 Å². The molecule has 0 aromatic heterocycles. The van der Waals surface area contributed by atoms with Crippen molar-refractivity contribution < 1.29 is 18.7 Å². The Labute approximate surface area is 123 Å². The summed E-state index contributed by atoms with van der Waals surface area (Å²) in [6.45, 7) is 0. The van der Waals surface area contributed by atoms with Crippen LogP contribution in [-0.2, 0) is 0 Å². The number of halogens is 3. The Morgan fingerprint density at radius 2 is 1.95 bits per heavy atom. The molecule has 21 heavy (non-hydrogen) atoms. The van der Waals surface area contributed by atoms with Gasteiger partial charge in [0.25, 0.3) is 5.91 Å². The van der Waals surface area contributed by atoms with Crippen LogP contribution in [-0.4, -0.2) is 17.2 Å². The van der Waals surface area contributed by atoms with Crippen molar-refractivity contribution in [1.82, 2.24) is 5.43 Å². The van der Waals surface area contributed by atoms with Crippen LogP contribution in [0.4, 0.5) is 8.78 Å². The van der Waals surface area contributed by atoms with Gasteiger partial charge in [-0.15, -0.1) is 0 Å². The molecule has 2 rings (SSSR count). The molecule has 0 saturated carbocycles. The molecule has 4 nitrogen and oxygen atoms in total. The Morgan fingerprint density at radius 3 is 2.67 bits per heavy atom. The first-order chi connectivity index (χ1) is 9.97. The number of nitrogens with zero attached hydrogens (tertiary/aromatic N) is 1. The lowest BCUT2D eigenvalue weighted by molar-refractivity contribution is 0.0952. The minimum absolute atomic E-state index is 0.0510. The summed E-state index contributed by atoms with van der Waals surface area (Å²) in [6, 6.07) is 7.15. The molecule has 2 aromatic carbocycles. The van der Waals surface area contributed by atoms with Gasteiger partial charge in [-0.2, -0.15) is 5.10 Å². The van der Waals surface area contributed by atoms with Crippen LogP contribution < -0.4 is 5.43 Å². The third-order valence-electron chi connectivity index (χ3n) is 2.53. The molecule has 7 heteroatoms. The van der Waals surface area contributed by atoms with Crippen LogP contribution in [0.3, 0.4) is 0 Å². The molecule has 0 fully saturated rings. The summed E-state index contributed by atoms with van der Waals surface area (Å²) in [5, 5.41) is 13.4. The molecule has 2 aromatic rings. The van der Waals surface area contributed by atoms with Crippen LogP contribution in [0.25, 0.3) is 0 Å². The summed E-state index contributed by atoms with van der Waals surface area (Å²) in [5.74, 6) is -2.92. The fourth-order valence-corrected chi connectivity index (χ4v) is 1.68. The number of carbonyl (C=O) groups is 1. The predicted octanol–water partition coefficient (Wildman–Crippen LogP) is 3.09. The Hall–Kier alpha value is -2.47. The van der Waals surface area contributed by atoms with E-state index in [1.807, 2.05) is 0 Å². The van der Waals surface area contributed by atoms with Gasteiger partial charge in [0.1, 0.15) is 5.75 Å². The second kappa shape index (κ2) is 6.32. The van der Waals surface area contributed by atoms with Gasteiger partial charge in [-0.05, 0) is 35.9 Å². The summed E-state index contributed by atoms with van der Waals surface area (Å²) < 4.78 is 25.7. The second-order valence-electron chi connectivity index (χ2n) is 4.03. The number of amides is 1. The van der Waals surface area contributed by atoms with E-state index in [4.69, 9.17) is 11.6 Å². The number of carbonyl (C=O) groups excluding carboxylic acids is 1. The first-order valence-corrected chi connectivity index (χ1v) is 6.12. The molecule has 0 aliphatic heterocycles. The molecule has 0 spiro atoms. The zero-order valence-electron chi connectivity index (χ0n) is 10.5. The van der Waals surface area contributed by atoms with E-state index in [0.717, 1.165) is 18.3 Å². The number of hydrogen-bond acceptors (Lipinski definition) is 3. The maximum Gasteiger partial charge on any atom is 0.275 e. The molecular formula is C14H9ClF2N2O2. The highest BCUT2D eigenvalue weighted by molar-refractivity contribution is 6.31. The summed E-state index contributed by atoms with van der Waals surface area (Å²) in [4.78, 5) is 11.8. The molecule has 1 amide bonds. The Bertz CT molecular complexity index is 720. The van der Waals surface area contributed by atoms with Crippen LogP contribution in [0.5, 0.6) is 5.75 Å². The largest absolute Gasteiger partial charge is 0.507 e. The number of hydrogen-bond donors (Lipinski definition) is 2. The van der Waals surface area contributed by atoms with Gasteiger partial charge in [-0.3, -0.25) is 4.79 Å². The minimum atomic E-state index is -1.02. The lowest BCUT2D eigenvalue weighted by Crippen LogP contribution is -2.17. The van der Waals surface area contributed by atoms with E-state index in [2.05, 4.69) is 10.5 Å². The number of aromatic hydroxyl groups is 1. The number of phenols is 1. The van der Waals surface area contributed by atoms with Crippen molar-refractivity contribution in [3.05, 3.63) is 64.2 Å².